The highest BCUT2D eigenvalue weighted by Gasteiger charge is 2.03. The summed E-state index contributed by atoms with van der Waals surface area (Å²) in [6.07, 6.45) is 0.875. The summed E-state index contributed by atoms with van der Waals surface area (Å²) in [7, 11) is 1.71. The van der Waals surface area contributed by atoms with Crippen molar-refractivity contribution in [1.29, 1.82) is 0 Å². The summed E-state index contributed by atoms with van der Waals surface area (Å²) in [5.74, 6) is 0.323. The van der Waals surface area contributed by atoms with Gasteiger partial charge in [0.25, 0.3) is 0 Å². The minimum atomic E-state index is 0.323. The maximum Gasteiger partial charge on any atom is 0.120 e. The van der Waals surface area contributed by atoms with E-state index in [9.17, 15) is 5.11 Å². The molecule has 0 spiro atoms. The Morgan fingerprint density at radius 3 is 2.42 bits per heavy atom. The number of phenols is 1. The molecule has 0 saturated carbocycles. The lowest BCUT2D eigenvalue weighted by Gasteiger charge is -2.12. The van der Waals surface area contributed by atoms with Gasteiger partial charge in [-0.1, -0.05) is 36.4 Å². The second kappa shape index (κ2) is 6.81. The number of methoxy groups -OCH3 is 1. The van der Waals surface area contributed by atoms with E-state index in [0.717, 1.165) is 17.7 Å². The number of benzene rings is 2. The van der Waals surface area contributed by atoms with Crippen molar-refractivity contribution in [2.45, 2.75) is 13.0 Å². The van der Waals surface area contributed by atoms with Crippen LogP contribution >= 0.6 is 0 Å². The van der Waals surface area contributed by atoms with Crippen LogP contribution in [0.2, 0.25) is 0 Å². The van der Waals surface area contributed by atoms with Crippen molar-refractivity contribution in [2.75, 3.05) is 19.0 Å². The van der Waals surface area contributed by atoms with Gasteiger partial charge in [-0.25, -0.2) is 0 Å². The highest BCUT2D eigenvalue weighted by molar-refractivity contribution is 5.52. The number of nitrogens with one attached hydrogen (secondary N) is 1. The maximum atomic E-state index is 9.74. The summed E-state index contributed by atoms with van der Waals surface area (Å²) in [6, 6.07) is 15.5. The smallest absolute Gasteiger partial charge is 0.120 e. The number of para-hydroxylation sites is 2. The molecule has 0 unspecified atom stereocenters. The third-order valence-corrected chi connectivity index (χ3v) is 3.05. The fourth-order valence-corrected chi connectivity index (χ4v) is 1.97. The first-order valence-corrected chi connectivity index (χ1v) is 6.39. The standard InChI is InChI=1S/C16H19NO2/c1-19-11-10-13-6-2-4-8-15(13)17-12-14-7-3-5-9-16(14)18/h2-9,17-18H,10-12H2,1H3. The van der Waals surface area contributed by atoms with E-state index in [1.165, 1.54) is 5.56 Å². The van der Waals surface area contributed by atoms with Crippen LogP contribution in [-0.2, 0) is 17.7 Å². The molecule has 0 saturated heterocycles. The van der Waals surface area contributed by atoms with Crippen LogP contribution in [0.25, 0.3) is 0 Å². The number of phenolic OH excluding ortho intramolecular Hbond substituents is 1. The summed E-state index contributed by atoms with van der Waals surface area (Å²) in [5, 5.41) is 13.1. The van der Waals surface area contributed by atoms with Gasteiger partial charge in [0.05, 0.1) is 6.61 Å². The molecule has 0 radical (unpaired) electrons. The second-order valence-corrected chi connectivity index (χ2v) is 4.38. The molecule has 0 aliphatic heterocycles. The molecule has 0 fully saturated rings. The van der Waals surface area contributed by atoms with E-state index >= 15 is 0 Å². The van der Waals surface area contributed by atoms with Gasteiger partial charge in [0.15, 0.2) is 0 Å². The largest absolute Gasteiger partial charge is 0.508 e. The first-order chi connectivity index (χ1) is 9.31. The maximum absolute atomic E-state index is 9.74. The average molecular weight is 257 g/mol. The molecule has 0 heterocycles. The van der Waals surface area contributed by atoms with E-state index in [1.807, 2.05) is 36.4 Å². The molecule has 3 nitrogen and oxygen atoms in total. The number of hydrogen-bond donors (Lipinski definition) is 2. The number of hydrogen-bond acceptors (Lipinski definition) is 3. The number of anilines is 1. The van der Waals surface area contributed by atoms with E-state index in [-0.39, 0.29) is 0 Å². The van der Waals surface area contributed by atoms with Gasteiger partial charge in [-0.2, -0.15) is 0 Å². The Balaban J connectivity index is 2.05. The Kier molecular flexibility index (Phi) is 4.81. The fraction of sp³-hybridized carbons (Fsp3) is 0.250. The number of rotatable bonds is 6. The second-order valence-electron chi connectivity index (χ2n) is 4.38. The quantitative estimate of drug-likeness (QED) is 0.835. The molecule has 2 aromatic rings. The summed E-state index contributed by atoms with van der Waals surface area (Å²) < 4.78 is 5.11. The summed E-state index contributed by atoms with van der Waals surface area (Å²) >= 11 is 0. The van der Waals surface area contributed by atoms with Gasteiger partial charge in [0, 0.05) is 24.9 Å². The Morgan fingerprint density at radius 1 is 1.00 bits per heavy atom. The van der Waals surface area contributed by atoms with Crippen molar-refractivity contribution >= 4 is 5.69 Å². The van der Waals surface area contributed by atoms with Crippen LogP contribution in [-0.4, -0.2) is 18.8 Å². The molecule has 0 bridgehead atoms. The third kappa shape index (κ3) is 3.73. The van der Waals surface area contributed by atoms with Gasteiger partial charge in [-0.3, -0.25) is 0 Å². The van der Waals surface area contributed by atoms with E-state index in [0.29, 0.717) is 18.9 Å². The van der Waals surface area contributed by atoms with Crippen LogP contribution < -0.4 is 5.32 Å². The fourth-order valence-electron chi connectivity index (χ4n) is 1.97. The molecule has 100 valence electrons. The predicted octanol–water partition coefficient (Wildman–Crippen LogP) is 3.19. The SMILES string of the molecule is COCCc1ccccc1NCc1ccccc1O. The van der Waals surface area contributed by atoms with Crippen LogP contribution in [0.15, 0.2) is 48.5 Å². The van der Waals surface area contributed by atoms with E-state index < -0.39 is 0 Å². The van der Waals surface area contributed by atoms with E-state index in [4.69, 9.17) is 4.74 Å². The highest BCUT2D eigenvalue weighted by Crippen LogP contribution is 2.20. The van der Waals surface area contributed by atoms with Crippen LogP contribution in [0, 0.1) is 0 Å². The van der Waals surface area contributed by atoms with Crippen molar-refractivity contribution in [3.63, 3.8) is 0 Å². The van der Waals surface area contributed by atoms with Gasteiger partial charge in [-0.15, -0.1) is 0 Å². The van der Waals surface area contributed by atoms with Gasteiger partial charge in [0.2, 0.25) is 0 Å². The first kappa shape index (κ1) is 13.4. The Bertz CT molecular complexity index is 526. The van der Waals surface area contributed by atoms with Crippen molar-refractivity contribution in [1.82, 2.24) is 0 Å². The normalized spacial score (nSPS) is 10.4. The van der Waals surface area contributed by atoms with Crippen LogP contribution in [0.4, 0.5) is 5.69 Å². The van der Waals surface area contributed by atoms with Crippen LogP contribution in [0.5, 0.6) is 5.75 Å². The van der Waals surface area contributed by atoms with E-state index in [1.54, 1.807) is 13.2 Å². The molecule has 0 aliphatic carbocycles. The lowest BCUT2D eigenvalue weighted by atomic mass is 10.1. The lowest BCUT2D eigenvalue weighted by Crippen LogP contribution is -2.04. The van der Waals surface area contributed by atoms with Crippen LogP contribution in [0.1, 0.15) is 11.1 Å². The van der Waals surface area contributed by atoms with Crippen molar-refractivity contribution < 1.29 is 9.84 Å². The van der Waals surface area contributed by atoms with Gasteiger partial charge >= 0.3 is 0 Å². The number of ether oxygens (including phenoxy) is 1. The Hall–Kier alpha value is -2.00. The summed E-state index contributed by atoms with van der Waals surface area (Å²) in [5.41, 5.74) is 3.20. The molecular weight excluding hydrogens is 238 g/mol. The molecule has 19 heavy (non-hydrogen) atoms. The third-order valence-electron chi connectivity index (χ3n) is 3.05. The minimum absolute atomic E-state index is 0.323. The topological polar surface area (TPSA) is 41.5 Å². The molecule has 0 atom stereocenters. The van der Waals surface area contributed by atoms with E-state index in [2.05, 4.69) is 11.4 Å². The molecule has 2 N–H and O–H groups in total. The van der Waals surface area contributed by atoms with Crippen molar-refractivity contribution in [2.24, 2.45) is 0 Å². The summed E-state index contributed by atoms with van der Waals surface area (Å²) in [6.45, 7) is 1.31. The average Bonchev–Trinajstić information content (AvgIpc) is 2.45. The zero-order valence-electron chi connectivity index (χ0n) is 11.1. The monoisotopic (exact) mass is 257 g/mol. The molecule has 2 rings (SSSR count). The Morgan fingerprint density at radius 2 is 1.68 bits per heavy atom. The van der Waals surface area contributed by atoms with Gasteiger partial charge in [0.1, 0.15) is 5.75 Å². The van der Waals surface area contributed by atoms with Gasteiger partial charge < -0.3 is 15.2 Å². The number of aromatic hydroxyl groups is 1. The first-order valence-electron chi connectivity index (χ1n) is 6.39. The van der Waals surface area contributed by atoms with Gasteiger partial charge in [-0.05, 0) is 24.1 Å². The molecule has 0 aromatic heterocycles. The Labute approximate surface area is 113 Å². The van der Waals surface area contributed by atoms with Crippen molar-refractivity contribution in [3.8, 4) is 5.75 Å². The molecule has 3 heteroatoms. The molecule has 0 amide bonds. The molecule has 2 aromatic carbocycles. The predicted molar refractivity (Wildman–Crippen MR) is 77.5 cm³/mol. The minimum Gasteiger partial charge on any atom is -0.508 e. The van der Waals surface area contributed by atoms with Crippen LogP contribution in [0.3, 0.4) is 0 Å². The zero-order chi connectivity index (χ0) is 13.5. The molecule has 0 aliphatic rings. The highest BCUT2D eigenvalue weighted by atomic mass is 16.5. The molecular formula is C16H19NO2. The summed E-state index contributed by atoms with van der Waals surface area (Å²) in [4.78, 5) is 0. The van der Waals surface area contributed by atoms with Crippen molar-refractivity contribution in [3.05, 3.63) is 59.7 Å². The zero-order valence-corrected chi connectivity index (χ0v) is 11.1. The lowest BCUT2D eigenvalue weighted by molar-refractivity contribution is 0.202.